The van der Waals surface area contributed by atoms with Crippen LogP contribution >= 0.6 is 11.6 Å². The molecule has 0 aliphatic rings. The molecule has 0 spiro atoms. The monoisotopic (exact) mass is 248 g/mol. The van der Waals surface area contributed by atoms with Crippen LogP contribution in [0.1, 0.15) is 39.5 Å². The van der Waals surface area contributed by atoms with E-state index < -0.39 is 0 Å². The molecule has 0 saturated carbocycles. The Labute approximate surface area is 105 Å². The number of amides is 1. The first-order valence-corrected chi connectivity index (χ1v) is 6.83. The molecule has 0 radical (unpaired) electrons. The lowest BCUT2D eigenvalue weighted by molar-refractivity contribution is -0.121. The first-order chi connectivity index (χ1) is 7.74. The van der Waals surface area contributed by atoms with Gasteiger partial charge in [-0.2, -0.15) is 0 Å². The van der Waals surface area contributed by atoms with E-state index >= 15 is 0 Å². The van der Waals surface area contributed by atoms with Crippen molar-refractivity contribution in [3.8, 4) is 0 Å². The van der Waals surface area contributed by atoms with E-state index in [4.69, 9.17) is 11.6 Å². The number of nitrogens with zero attached hydrogens (tertiary/aromatic N) is 1. The highest BCUT2D eigenvalue weighted by molar-refractivity contribution is 6.17. The Hall–Kier alpha value is -0.280. The topological polar surface area (TPSA) is 32.3 Å². The van der Waals surface area contributed by atoms with Gasteiger partial charge < -0.3 is 10.2 Å². The summed E-state index contributed by atoms with van der Waals surface area (Å²) in [6, 6.07) is 0. The van der Waals surface area contributed by atoms with Gasteiger partial charge in [0.1, 0.15) is 0 Å². The SMILES string of the molecule is CCCN(CC)CCNC(=O)CCCCCl. The molecule has 0 aromatic rings. The molecule has 3 nitrogen and oxygen atoms in total. The van der Waals surface area contributed by atoms with Crippen molar-refractivity contribution >= 4 is 17.5 Å². The van der Waals surface area contributed by atoms with Gasteiger partial charge in [-0.05, 0) is 32.4 Å². The number of alkyl halides is 1. The van der Waals surface area contributed by atoms with Gasteiger partial charge in [0.25, 0.3) is 0 Å². The van der Waals surface area contributed by atoms with Crippen LogP contribution in [0.2, 0.25) is 0 Å². The summed E-state index contributed by atoms with van der Waals surface area (Å²) in [5, 5.41) is 2.94. The lowest BCUT2D eigenvalue weighted by Crippen LogP contribution is -2.35. The molecular formula is C12H25ClN2O. The van der Waals surface area contributed by atoms with Crippen LogP contribution in [0.5, 0.6) is 0 Å². The Morgan fingerprint density at radius 3 is 2.56 bits per heavy atom. The molecule has 0 saturated heterocycles. The average Bonchev–Trinajstić information content (AvgIpc) is 2.28. The number of carbonyl (C=O) groups is 1. The van der Waals surface area contributed by atoms with E-state index in [1.165, 1.54) is 0 Å². The molecule has 16 heavy (non-hydrogen) atoms. The zero-order chi connectivity index (χ0) is 12.2. The highest BCUT2D eigenvalue weighted by atomic mass is 35.5. The lowest BCUT2D eigenvalue weighted by Gasteiger charge is -2.19. The Morgan fingerprint density at radius 2 is 2.00 bits per heavy atom. The molecular weight excluding hydrogens is 224 g/mol. The summed E-state index contributed by atoms with van der Waals surface area (Å²) in [7, 11) is 0. The fourth-order valence-electron chi connectivity index (χ4n) is 1.57. The van der Waals surface area contributed by atoms with Crippen LogP contribution in [0.25, 0.3) is 0 Å². The number of hydrogen-bond acceptors (Lipinski definition) is 2. The smallest absolute Gasteiger partial charge is 0.220 e. The lowest BCUT2D eigenvalue weighted by atomic mass is 10.2. The predicted molar refractivity (Wildman–Crippen MR) is 70.0 cm³/mol. The first-order valence-electron chi connectivity index (χ1n) is 6.29. The van der Waals surface area contributed by atoms with Gasteiger partial charge in [0, 0.05) is 25.4 Å². The quantitative estimate of drug-likeness (QED) is 0.475. The summed E-state index contributed by atoms with van der Waals surface area (Å²) in [6.07, 6.45) is 3.58. The third-order valence-electron chi connectivity index (χ3n) is 2.52. The van der Waals surface area contributed by atoms with Crippen molar-refractivity contribution < 1.29 is 4.79 Å². The Bertz CT molecular complexity index is 176. The molecule has 1 N–H and O–H groups in total. The summed E-state index contributed by atoms with van der Waals surface area (Å²) in [5.41, 5.74) is 0. The van der Waals surface area contributed by atoms with E-state index in [2.05, 4.69) is 24.1 Å². The second-order valence-electron chi connectivity index (χ2n) is 3.93. The molecule has 0 unspecified atom stereocenters. The second kappa shape index (κ2) is 11.2. The minimum atomic E-state index is 0.151. The molecule has 0 aromatic heterocycles. The number of likely N-dealkylation sites (N-methyl/N-ethyl adjacent to an activating group) is 1. The van der Waals surface area contributed by atoms with Gasteiger partial charge in [-0.15, -0.1) is 11.6 Å². The molecule has 0 atom stereocenters. The number of carbonyl (C=O) groups excluding carboxylic acids is 1. The van der Waals surface area contributed by atoms with Gasteiger partial charge in [0.05, 0.1) is 0 Å². The number of halogens is 1. The fraction of sp³-hybridized carbons (Fsp3) is 0.917. The maximum Gasteiger partial charge on any atom is 0.220 e. The molecule has 0 heterocycles. The van der Waals surface area contributed by atoms with Crippen molar-refractivity contribution in [3.63, 3.8) is 0 Å². The highest BCUT2D eigenvalue weighted by Crippen LogP contribution is 1.96. The molecule has 0 bridgehead atoms. The van der Waals surface area contributed by atoms with E-state index in [0.29, 0.717) is 12.3 Å². The molecule has 0 aliphatic carbocycles. The van der Waals surface area contributed by atoms with Crippen LogP contribution in [0.3, 0.4) is 0 Å². The van der Waals surface area contributed by atoms with Crippen LogP contribution in [0.15, 0.2) is 0 Å². The van der Waals surface area contributed by atoms with Crippen LogP contribution in [-0.2, 0) is 4.79 Å². The van der Waals surface area contributed by atoms with Gasteiger partial charge >= 0.3 is 0 Å². The van der Waals surface area contributed by atoms with Crippen molar-refractivity contribution in [1.29, 1.82) is 0 Å². The van der Waals surface area contributed by atoms with E-state index in [1.54, 1.807) is 0 Å². The Balaban J connectivity index is 3.44. The number of rotatable bonds is 10. The molecule has 96 valence electrons. The summed E-state index contributed by atoms with van der Waals surface area (Å²) < 4.78 is 0. The van der Waals surface area contributed by atoms with E-state index in [1.807, 2.05) is 0 Å². The minimum Gasteiger partial charge on any atom is -0.355 e. The van der Waals surface area contributed by atoms with Crippen molar-refractivity contribution in [2.24, 2.45) is 0 Å². The maximum atomic E-state index is 11.4. The molecule has 0 fully saturated rings. The second-order valence-corrected chi connectivity index (χ2v) is 4.31. The van der Waals surface area contributed by atoms with E-state index in [9.17, 15) is 4.79 Å². The highest BCUT2D eigenvalue weighted by Gasteiger charge is 2.03. The molecule has 0 rings (SSSR count). The third-order valence-corrected chi connectivity index (χ3v) is 2.79. The van der Waals surface area contributed by atoms with Gasteiger partial charge in [0.15, 0.2) is 0 Å². The summed E-state index contributed by atoms with van der Waals surface area (Å²) in [4.78, 5) is 13.7. The molecule has 1 amide bonds. The number of unbranched alkanes of at least 4 members (excludes halogenated alkanes) is 1. The van der Waals surface area contributed by atoms with Crippen LogP contribution in [0, 0.1) is 0 Å². The van der Waals surface area contributed by atoms with Crippen LogP contribution in [-0.4, -0.2) is 42.9 Å². The molecule has 0 aromatic carbocycles. The van der Waals surface area contributed by atoms with Gasteiger partial charge in [-0.25, -0.2) is 0 Å². The van der Waals surface area contributed by atoms with Crippen LogP contribution < -0.4 is 5.32 Å². The van der Waals surface area contributed by atoms with Crippen molar-refractivity contribution in [1.82, 2.24) is 10.2 Å². The maximum absolute atomic E-state index is 11.4. The molecule has 0 aliphatic heterocycles. The van der Waals surface area contributed by atoms with Gasteiger partial charge in [-0.3, -0.25) is 4.79 Å². The minimum absolute atomic E-state index is 0.151. The van der Waals surface area contributed by atoms with Crippen molar-refractivity contribution in [2.75, 3.05) is 32.1 Å². The van der Waals surface area contributed by atoms with Crippen molar-refractivity contribution in [3.05, 3.63) is 0 Å². The summed E-state index contributed by atoms with van der Waals surface area (Å²) in [6.45, 7) is 8.19. The molecule has 4 heteroatoms. The third kappa shape index (κ3) is 8.98. The number of nitrogens with one attached hydrogen (secondary N) is 1. The Morgan fingerprint density at radius 1 is 1.25 bits per heavy atom. The average molecular weight is 249 g/mol. The Kier molecular flexibility index (Phi) is 11.0. The standard InChI is InChI=1S/C12H25ClN2O/c1-3-10-15(4-2)11-9-14-12(16)7-5-6-8-13/h3-11H2,1-2H3,(H,14,16). The van der Waals surface area contributed by atoms with Gasteiger partial charge in [-0.1, -0.05) is 13.8 Å². The van der Waals surface area contributed by atoms with E-state index in [-0.39, 0.29) is 5.91 Å². The zero-order valence-electron chi connectivity index (χ0n) is 10.6. The summed E-state index contributed by atoms with van der Waals surface area (Å²) >= 11 is 5.55. The van der Waals surface area contributed by atoms with Crippen LogP contribution in [0.4, 0.5) is 0 Å². The van der Waals surface area contributed by atoms with E-state index in [0.717, 1.165) is 45.4 Å². The number of hydrogen-bond donors (Lipinski definition) is 1. The first kappa shape index (κ1) is 15.7. The normalized spacial score (nSPS) is 10.8. The fourth-order valence-corrected chi connectivity index (χ4v) is 1.76. The summed E-state index contributed by atoms with van der Waals surface area (Å²) in [5.74, 6) is 0.797. The zero-order valence-corrected chi connectivity index (χ0v) is 11.4. The largest absolute Gasteiger partial charge is 0.355 e. The predicted octanol–water partition coefficient (Wildman–Crippen LogP) is 2.24. The van der Waals surface area contributed by atoms with Crippen molar-refractivity contribution in [2.45, 2.75) is 39.5 Å². The van der Waals surface area contributed by atoms with Gasteiger partial charge in [0.2, 0.25) is 5.91 Å².